The highest BCUT2D eigenvalue weighted by Crippen LogP contribution is 2.21. The summed E-state index contributed by atoms with van der Waals surface area (Å²) in [6, 6.07) is 15.6. The molecule has 1 aromatic heterocycles. The molecule has 124 valence electrons. The fourth-order valence-corrected chi connectivity index (χ4v) is 2.79. The normalized spacial score (nSPS) is 10.9. The predicted molar refractivity (Wildman–Crippen MR) is 94.0 cm³/mol. The lowest BCUT2D eigenvalue weighted by Crippen LogP contribution is -2.28. The maximum Gasteiger partial charge on any atom is 0.246 e. The highest BCUT2D eigenvalue weighted by atomic mass is 35.5. The van der Waals surface area contributed by atoms with Crippen LogP contribution in [0.2, 0.25) is 5.02 Å². The van der Waals surface area contributed by atoms with Crippen LogP contribution in [-0.2, 0) is 22.6 Å². The van der Waals surface area contributed by atoms with E-state index in [1.807, 2.05) is 48.5 Å². The van der Waals surface area contributed by atoms with Crippen molar-refractivity contribution in [2.24, 2.45) is 0 Å². The summed E-state index contributed by atoms with van der Waals surface area (Å²) >= 11 is 6.29. The third-order valence-corrected chi connectivity index (χ3v) is 4.11. The molecule has 0 radical (unpaired) electrons. The number of hydrogen-bond donors (Lipinski definition) is 1. The van der Waals surface area contributed by atoms with Crippen molar-refractivity contribution in [1.29, 1.82) is 0 Å². The minimum Gasteiger partial charge on any atom is -0.375 e. The Kier molecular flexibility index (Phi) is 5.13. The van der Waals surface area contributed by atoms with Gasteiger partial charge in [-0.05, 0) is 23.8 Å². The number of imidazole rings is 1. The average Bonchev–Trinajstić information content (AvgIpc) is 2.93. The van der Waals surface area contributed by atoms with Crippen LogP contribution in [0.3, 0.4) is 0 Å². The molecule has 3 aromatic rings. The molecule has 0 saturated carbocycles. The minimum atomic E-state index is -0.172. The Morgan fingerprint density at radius 1 is 1.21 bits per heavy atom. The lowest BCUT2D eigenvalue weighted by atomic mass is 10.2. The molecule has 0 unspecified atom stereocenters. The molecule has 0 saturated heterocycles. The third kappa shape index (κ3) is 3.58. The second-order valence-electron chi connectivity index (χ2n) is 5.40. The number of rotatable bonds is 6. The summed E-state index contributed by atoms with van der Waals surface area (Å²) in [5.41, 5.74) is 2.90. The molecule has 2 aromatic carbocycles. The SMILES string of the molecule is COCC(=O)NCc1nc2ccccc2n1Cc1ccccc1Cl. The molecule has 0 aliphatic carbocycles. The van der Waals surface area contributed by atoms with E-state index >= 15 is 0 Å². The predicted octanol–water partition coefficient (Wildman–Crippen LogP) is 3.00. The van der Waals surface area contributed by atoms with Gasteiger partial charge in [0.05, 0.1) is 24.1 Å². The van der Waals surface area contributed by atoms with Crippen LogP contribution in [0.5, 0.6) is 0 Å². The molecule has 6 heteroatoms. The van der Waals surface area contributed by atoms with Gasteiger partial charge in [-0.3, -0.25) is 4.79 Å². The van der Waals surface area contributed by atoms with Crippen molar-refractivity contribution < 1.29 is 9.53 Å². The number of carbonyl (C=O) groups excluding carboxylic acids is 1. The van der Waals surface area contributed by atoms with Crippen LogP contribution in [-0.4, -0.2) is 29.2 Å². The summed E-state index contributed by atoms with van der Waals surface area (Å²) in [5, 5.41) is 3.53. The van der Waals surface area contributed by atoms with Crippen molar-refractivity contribution in [2.75, 3.05) is 13.7 Å². The Morgan fingerprint density at radius 2 is 1.96 bits per heavy atom. The molecule has 0 aliphatic rings. The molecule has 0 spiro atoms. The van der Waals surface area contributed by atoms with Crippen LogP contribution < -0.4 is 5.32 Å². The van der Waals surface area contributed by atoms with Gasteiger partial charge >= 0.3 is 0 Å². The van der Waals surface area contributed by atoms with Gasteiger partial charge in [-0.1, -0.05) is 41.9 Å². The van der Waals surface area contributed by atoms with Crippen molar-refractivity contribution in [3.05, 3.63) is 64.9 Å². The first-order valence-electron chi connectivity index (χ1n) is 7.62. The van der Waals surface area contributed by atoms with Crippen molar-refractivity contribution >= 4 is 28.5 Å². The maximum atomic E-state index is 11.7. The monoisotopic (exact) mass is 343 g/mol. The van der Waals surface area contributed by atoms with Gasteiger partial charge in [0, 0.05) is 12.1 Å². The number of hydrogen-bond acceptors (Lipinski definition) is 3. The smallest absolute Gasteiger partial charge is 0.246 e. The molecule has 1 heterocycles. The third-order valence-electron chi connectivity index (χ3n) is 3.74. The van der Waals surface area contributed by atoms with Crippen molar-refractivity contribution in [3.8, 4) is 0 Å². The van der Waals surface area contributed by atoms with Gasteiger partial charge in [-0.25, -0.2) is 4.98 Å². The van der Waals surface area contributed by atoms with E-state index in [0.717, 1.165) is 22.4 Å². The highest BCUT2D eigenvalue weighted by molar-refractivity contribution is 6.31. The van der Waals surface area contributed by atoms with Crippen molar-refractivity contribution in [2.45, 2.75) is 13.1 Å². The number of carbonyl (C=O) groups is 1. The Labute approximate surface area is 145 Å². The fourth-order valence-electron chi connectivity index (χ4n) is 2.59. The molecule has 0 fully saturated rings. The van der Waals surface area contributed by atoms with Gasteiger partial charge in [-0.15, -0.1) is 0 Å². The van der Waals surface area contributed by atoms with E-state index in [4.69, 9.17) is 16.3 Å². The molecule has 1 N–H and O–H groups in total. The Bertz CT molecular complexity index is 860. The van der Waals surface area contributed by atoms with Gasteiger partial charge in [-0.2, -0.15) is 0 Å². The zero-order chi connectivity index (χ0) is 16.9. The van der Waals surface area contributed by atoms with Gasteiger partial charge in [0.25, 0.3) is 0 Å². The topological polar surface area (TPSA) is 56.1 Å². The summed E-state index contributed by atoms with van der Waals surface area (Å²) in [6.45, 7) is 0.960. The van der Waals surface area contributed by atoms with Gasteiger partial charge < -0.3 is 14.6 Å². The highest BCUT2D eigenvalue weighted by Gasteiger charge is 2.13. The quantitative estimate of drug-likeness (QED) is 0.748. The number of ether oxygens (including phenoxy) is 1. The molecule has 0 bridgehead atoms. The van der Waals surface area contributed by atoms with Crippen LogP contribution in [0.4, 0.5) is 0 Å². The van der Waals surface area contributed by atoms with Crippen molar-refractivity contribution in [3.63, 3.8) is 0 Å². The fraction of sp³-hybridized carbons (Fsp3) is 0.222. The largest absolute Gasteiger partial charge is 0.375 e. The number of nitrogens with zero attached hydrogens (tertiary/aromatic N) is 2. The molecular weight excluding hydrogens is 326 g/mol. The molecule has 24 heavy (non-hydrogen) atoms. The summed E-state index contributed by atoms with van der Waals surface area (Å²) in [7, 11) is 1.49. The molecule has 0 atom stereocenters. The van der Waals surface area contributed by atoms with Crippen LogP contribution >= 0.6 is 11.6 Å². The van der Waals surface area contributed by atoms with Crippen LogP contribution in [0.1, 0.15) is 11.4 Å². The second kappa shape index (κ2) is 7.47. The lowest BCUT2D eigenvalue weighted by Gasteiger charge is -2.11. The number of nitrogens with one attached hydrogen (secondary N) is 1. The van der Waals surface area contributed by atoms with Crippen LogP contribution in [0.25, 0.3) is 11.0 Å². The number of fused-ring (bicyclic) bond motifs is 1. The number of methoxy groups -OCH3 is 1. The first-order valence-corrected chi connectivity index (χ1v) is 8.00. The summed E-state index contributed by atoms with van der Waals surface area (Å²) in [6.07, 6.45) is 0. The van der Waals surface area contributed by atoms with Gasteiger partial charge in [0.15, 0.2) is 0 Å². The van der Waals surface area contributed by atoms with E-state index in [1.165, 1.54) is 7.11 Å². The van der Waals surface area contributed by atoms with Gasteiger partial charge in [0.2, 0.25) is 5.91 Å². The number of amides is 1. The molecule has 5 nitrogen and oxygen atoms in total. The zero-order valence-electron chi connectivity index (χ0n) is 13.3. The van der Waals surface area contributed by atoms with Gasteiger partial charge in [0.1, 0.15) is 12.4 Å². The van der Waals surface area contributed by atoms with Crippen LogP contribution in [0, 0.1) is 0 Å². The first-order chi connectivity index (χ1) is 11.7. The van der Waals surface area contributed by atoms with E-state index in [0.29, 0.717) is 18.1 Å². The lowest BCUT2D eigenvalue weighted by molar-refractivity contribution is -0.124. The van der Waals surface area contributed by atoms with E-state index in [-0.39, 0.29) is 12.5 Å². The Morgan fingerprint density at radius 3 is 2.75 bits per heavy atom. The van der Waals surface area contributed by atoms with E-state index < -0.39 is 0 Å². The van der Waals surface area contributed by atoms with Crippen LogP contribution in [0.15, 0.2) is 48.5 Å². The second-order valence-corrected chi connectivity index (χ2v) is 5.81. The summed E-state index contributed by atoms with van der Waals surface area (Å²) in [4.78, 5) is 16.3. The summed E-state index contributed by atoms with van der Waals surface area (Å²) in [5.74, 6) is 0.606. The molecule has 3 rings (SSSR count). The van der Waals surface area contributed by atoms with Crippen molar-refractivity contribution in [1.82, 2.24) is 14.9 Å². The number of halogens is 1. The first kappa shape index (κ1) is 16.5. The standard InChI is InChI=1S/C18H18ClN3O2/c1-24-12-18(23)20-10-17-21-15-8-4-5-9-16(15)22(17)11-13-6-2-3-7-14(13)19/h2-9H,10-12H2,1H3,(H,20,23). The summed E-state index contributed by atoms with van der Waals surface area (Å²) < 4.78 is 6.91. The molecule has 0 aliphatic heterocycles. The zero-order valence-corrected chi connectivity index (χ0v) is 14.1. The van der Waals surface area contributed by atoms with E-state index in [9.17, 15) is 4.79 Å². The Hall–Kier alpha value is -2.37. The average molecular weight is 344 g/mol. The van der Waals surface area contributed by atoms with E-state index in [1.54, 1.807) is 0 Å². The maximum absolute atomic E-state index is 11.7. The molecule has 1 amide bonds. The Balaban J connectivity index is 1.93. The van der Waals surface area contributed by atoms with E-state index in [2.05, 4.69) is 14.9 Å². The minimum absolute atomic E-state index is 0.0325. The molecular formula is C18H18ClN3O2. The number of benzene rings is 2. The number of para-hydroxylation sites is 2. The number of aromatic nitrogens is 2.